The number of aliphatic hydroxyl groups is 1. The van der Waals surface area contributed by atoms with E-state index in [0.29, 0.717) is 13.2 Å². The summed E-state index contributed by atoms with van der Waals surface area (Å²) in [5, 5.41) is 9.26. The van der Waals surface area contributed by atoms with E-state index in [4.69, 9.17) is 10.5 Å². The molecule has 0 aliphatic carbocycles. The van der Waals surface area contributed by atoms with Crippen LogP contribution in [0.4, 0.5) is 8.78 Å². The van der Waals surface area contributed by atoms with Gasteiger partial charge in [0.25, 0.3) is 0 Å². The van der Waals surface area contributed by atoms with E-state index in [1.807, 2.05) is 0 Å². The first-order valence-electron chi connectivity index (χ1n) is 4.98. The monoisotopic (exact) mass is 229 g/mol. The zero-order chi connectivity index (χ0) is 11.8. The second-order valence-electron chi connectivity index (χ2n) is 4.16. The van der Waals surface area contributed by atoms with Gasteiger partial charge in [0.1, 0.15) is 11.6 Å². The second-order valence-corrected chi connectivity index (χ2v) is 4.16. The minimum atomic E-state index is -0.688. The summed E-state index contributed by atoms with van der Waals surface area (Å²) in [5.41, 5.74) is 5.46. The number of halogens is 2. The van der Waals surface area contributed by atoms with E-state index in [-0.39, 0.29) is 12.2 Å². The summed E-state index contributed by atoms with van der Waals surface area (Å²) in [6.45, 7) is 0.411. The lowest BCUT2D eigenvalue weighted by molar-refractivity contribution is -0.150. The molecule has 3 N–H and O–H groups in total. The molecule has 2 rings (SSSR count). The van der Waals surface area contributed by atoms with E-state index >= 15 is 0 Å². The molecule has 5 heteroatoms. The number of hydrogen-bond acceptors (Lipinski definition) is 3. The van der Waals surface area contributed by atoms with Gasteiger partial charge in [0, 0.05) is 17.7 Å². The summed E-state index contributed by atoms with van der Waals surface area (Å²) in [6, 6.07) is 2.57. The first-order valence-corrected chi connectivity index (χ1v) is 4.98. The number of nitrogens with two attached hydrogens (primary N) is 1. The van der Waals surface area contributed by atoms with Gasteiger partial charge in [0.2, 0.25) is 0 Å². The van der Waals surface area contributed by atoms with Gasteiger partial charge in [-0.3, -0.25) is 0 Å². The third-order valence-electron chi connectivity index (χ3n) is 3.05. The molecule has 1 aliphatic heterocycles. The lowest BCUT2D eigenvalue weighted by Crippen LogP contribution is -2.53. The minimum Gasteiger partial charge on any atom is -0.396 e. The molecular formula is C11H13F2NO2. The average molecular weight is 229 g/mol. The molecule has 1 fully saturated rings. The van der Waals surface area contributed by atoms with Crippen LogP contribution in [0.5, 0.6) is 0 Å². The normalized spacial score (nSPS) is 20.2. The molecule has 0 saturated carbocycles. The van der Waals surface area contributed by atoms with Crippen LogP contribution in [0.3, 0.4) is 0 Å². The van der Waals surface area contributed by atoms with Crippen LogP contribution in [0.25, 0.3) is 0 Å². The number of rotatable bonds is 3. The molecule has 1 atom stereocenters. The molecule has 1 aromatic carbocycles. The Morgan fingerprint density at radius 2 is 2.12 bits per heavy atom. The Morgan fingerprint density at radius 3 is 2.56 bits per heavy atom. The average Bonchev–Trinajstić information content (AvgIpc) is 2.16. The summed E-state index contributed by atoms with van der Waals surface area (Å²) in [7, 11) is 0. The Morgan fingerprint density at radius 1 is 1.44 bits per heavy atom. The van der Waals surface area contributed by atoms with Crippen molar-refractivity contribution < 1.29 is 18.6 Å². The molecule has 88 valence electrons. The SMILES string of the molecule is NC(c1ccc(F)cc1F)C1(CO)COC1. The molecule has 0 aromatic heterocycles. The number of benzene rings is 1. The van der Waals surface area contributed by atoms with E-state index in [9.17, 15) is 13.9 Å². The maximum absolute atomic E-state index is 13.5. The summed E-state index contributed by atoms with van der Waals surface area (Å²) in [6.07, 6.45) is 0. The van der Waals surface area contributed by atoms with Gasteiger partial charge in [0.15, 0.2) is 0 Å². The van der Waals surface area contributed by atoms with Gasteiger partial charge in [-0.25, -0.2) is 8.78 Å². The number of hydrogen-bond donors (Lipinski definition) is 2. The summed E-state index contributed by atoms with van der Waals surface area (Å²) >= 11 is 0. The molecule has 0 bridgehead atoms. The van der Waals surface area contributed by atoms with Crippen molar-refractivity contribution >= 4 is 0 Å². The van der Waals surface area contributed by atoms with Crippen LogP contribution in [0.2, 0.25) is 0 Å². The van der Waals surface area contributed by atoms with Crippen LogP contribution in [0.1, 0.15) is 11.6 Å². The Hall–Kier alpha value is -1.04. The predicted molar refractivity (Wildman–Crippen MR) is 53.6 cm³/mol. The molecule has 3 nitrogen and oxygen atoms in total. The van der Waals surface area contributed by atoms with E-state index in [1.54, 1.807) is 0 Å². The van der Waals surface area contributed by atoms with Crippen LogP contribution in [-0.4, -0.2) is 24.9 Å². The molecule has 1 aliphatic rings. The van der Waals surface area contributed by atoms with Crippen molar-refractivity contribution in [2.75, 3.05) is 19.8 Å². The Balaban J connectivity index is 2.29. The Kier molecular flexibility index (Phi) is 2.92. The molecule has 0 radical (unpaired) electrons. The standard InChI is InChI=1S/C11H13F2NO2/c12-7-1-2-8(9(13)3-7)10(14)11(4-15)5-16-6-11/h1-3,10,15H,4-6,14H2. The molecule has 16 heavy (non-hydrogen) atoms. The number of ether oxygens (including phenoxy) is 1. The molecule has 1 aromatic rings. The van der Waals surface area contributed by atoms with E-state index in [2.05, 4.69) is 0 Å². The van der Waals surface area contributed by atoms with Gasteiger partial charge >= 0.3 is 0 Å². The quantitative estimate of drug-likeness (QED) is 0.812. The lowest BCUT2D eigenvalue weighted by Gasteiger charge is -2.44. The highest BCUT2D eigenvalue weighted by molar-refractivity contribution is 5.25. The molecule has 0 amide bonds. The molecule has 0 spiro atoms. The smallest absolute Gasteiger partial charge is 0.130 e. The fourth-order valence-electron chi connectivity index (χ4n) is 1.82. The third-order valence-corrected chi connectivity index (χ3v) is 3.05. The van der Waals surface area contributed by atoms with Crippen molar-refractivity contribution in [1.82, 2.24) is 0 Å². The maximum Gasteiger partial charge on any atom is 0.130 e. The predicted octanol–water partition coefficient (Wildman–Crippen LogP) is 0.974. The van der Waals surface area contributed by atoms with Crippen molar-refractivity contribution in [3.8, 4) is 0 Å². The highest BCUT2D eigenvalue weighted by Crippen LogP contribution is 2.39. The van der Waals surface area contributed by atoms with Gasteiger partial charge in [-0.15, -0.1) is 0 Å². The minimum absolute atomic E-state index is 0.176. The lowest BCUT2D eigenvalue weighted by atomic mass is 9.76. The fraction of sp³-hybridized carbons (Fsp3) is 0.455. The molecule has 1 unspecified atom stereocenters. The molecule has 1 heterocycles. The van der Waals surface area contributed by atoms with Crippen molar-refractivity contribution in [1.29, 1.82) is 0 Å². The zero-order valence-corrected chi connectivity index (χ0v) is 8.62. The Labute approximate surface area is 91.8 Å². The van der Waals surface area contributed by atoms with Gasteiger partial charge in [-0.05, 0) is 6.07 Å². The highest BCUT2D eigenvalue weighted by Gasteiger charge is 2.45. The molecular weight excluding hydrogens is 216 g/mol. The van der Waals surface area contributed by atoms with Crippen molar-refractivity contribution in [2.24, 2.45) is 11.1 Å². The highest BCUT2D eigenvalue weighted by atomic mass is 19.1. The van der Waals surface area contributed by atoms with Gasteiger partial charge < -0.3 is 15.6 Å². The summed E-state index contributed by atoms with van der Waals surface area (Å²) < 4.78 is 31.2. The van der Waals surface area contributed by atoms with Gasteiger partial charge in [0.05, 0.1) is 25.2 Å². The van der Waals surface area contributed by atoms with Gasteiger partial charge in [-0.1, -0.05) is 6.07 Å². The first kappa shape index (κ1) is 11.4. The summed E-state index contributed by atoms with van der Waals surface area (Å²) in [5.74, 6) is -1.33. The summed E-state index contributed by atoms with van der Waals surface area (Å²) in [4.78, 5) is 0. The zero-order valence-electron chi connectivity index (χ0n) is 8.62. The van der Waals surface area contributed by atoms with Crippen LogP contribution >= 0.6 is 0 Å². The van der Waals surface area contributed by atoms with E-state index < -0.39 is 23.1 Å². The van der Waals surface area contributed by atoms with Crippen molar-refractivity contribution in [3.63, 3.8) is 0 Å². The van der Waals surface area contributed by atoms with Crippen LogP contribution in [0.15, 0.2) is 18.2 Å². The second kappa shape index (κ2) is 4.08. The maximum atomic E-state index is 13.5. The van der Waals surface area contributed by atoms with Crippen molar-refractivity contribution in [2.45, 2.75) is 6.04 Å². The van der Waals surface area contributed by atoms with Crippen LogP contribution < -0.4 is 5.73 Å². The van der Waals surface area contributed by atoms with Crippen LogP contribution in [0, 0.1) is 17.0 Å². The van der Waals surface area contributed by atoms with E-state index in [1.165, 1.54) is 6.07 Å². The van der Waals surface area contributed by atoms with Crippen molar-refractivity contribution in [3.05, 3.63) is 35.4 Å². The van der Waals surface area contributed by atoms with E-state index in [0.717, 1.165) is 12.1 Å². The largest absolute Gasteiger partial charge is 0.396 e. The topological polar surface area (TPSA) is 55.5 Å². The number of aliphatic hydroxyl groups excluding tert-OH is 1. The Bertz CT molecular complexity index is 388. The third kappa shape index (κ3) is 1.71. The first-order chi connectivity index (χ1) is 7.59. The fourth-order valence-corrected chi connectivity index (χ4v) is 1.82. The van der Waals surface area contributed by atoms with Gasteiger partial charge in [-0.2, -0.15) is 0 Å². The molecule has 1 saturated heterocycles. The van der Waals surface area contributed by atoms with Crippen LogP contribution in [-0.2, 0) is 4.74 Å².